The Balaban J connectivity index is 1.71. The molecule has 4 atom stereocenters. The molecule has 2 N–H and O–H groups in total. The fourth-order valence-corrected chi connectivity index (χ4v) is 2.94. The van der Waals surface area contributed by atoms with Gasteiger partial charge in [0.25, 0.3) is 0 Å². The first-order chi connectivity index (χ1) is 10.6. The van der Waals surface area contributed by atoms with Crippen molar-refractivity contribution in [2.75, 3.05) is 11.9 Å². The number of carbonyl (C=O) groups excluding carboxylic acids is 1. The molecule has 0 spiro atoms. The van der Waals surface area contributed by atoms with Gasteiger partial charge in [-0.1, -0.05) is 12.2 Å². The molecule has 2 heterocycles. The molecule has 22 heavy (non-hydrogen) atoms. The Hall–Kier alpha value is -2.34. The van der Waals surface area contributed by atoms with Gasteiger partial charge in [-0.2, -0.15) is 0 Å². The Morgan fingerprint density at radius 1 is 1.18 bits per heavy atom. The van der Waals surface area contributed by atoms with E-state index in [0.717, 1.165) is 5.75 Å². The van der Waals surface area contributed by atoms with Crippen molar-refractivity contribution in [1.29, 1.82) is 0 Å². The molecule has 0 saturated carbocycles. The first kappa shape index (κ1) is 14.6. The number of aliphatic carboxylic acids is 1. The molecule has 3 rings (SSSR count). The maximum atomic E-state index is 12.4. The van der Waals surface area contributed by atoms with Crippen LogP contribution in [0.1, 0.15) is 6.92 Å². The number of anilines is 1. The first-order valence-electron chi connectivity index (χ1n) is 7.20. The molecule has 1 aromatic rings. The van der Waals surface area contributed by atoms with Crippen molar-refractivity contribution in [3.8, 4) is 5.75 Å². The summed E-state index contributed by atoms with van der Waals surface area (Å²) in [7, 11) is 0. The predicted octanol–water partition coefficient (Wildman–Crippen LogP) is 1.68. The van der Waals surface area contributed by atoms with Crippen LogP contribution in [0.4, 0.5) is 5.69 Å². The maximum absolute atomic E-state index is 12.4. The summed E-state index contributed by atoms with van der Waals surface area (Å²) in [6.07, 6.45) is 2.49. The van der Waals surface area contributed by atoms with Crippen molar-refractivity contribution in [2.45, 2.75) is 19.1 Å². The van der Waals surface area contributed by atoms with Gasteiger partial charge in [0.05, 0.1) is 24.7 Å². The van der Waals surface area contributed by atoms with Gasteiger partial charge in [-0.25, -0.2) is 0 Å². The van der Waals surface area contributed by atoms with E-state index in [9.17, 15) is 14.7 Å². The van der Waals surface area contributed by atoms with E-state index in [1.54, 1.807) is 36.4 Å². The van der Waals surface area contributed by atoms with Crippen LogP contribution < -0.4 is 10.1 Å². The highest BCUT2D eigenvalue weighted by Gasteiger charge is 2.53. The lowest BCUT2D eigenvalue weighted by Crippen LogP contribution is -2.39. The summed E-state index contributed by atoms with van der Waals surface area (Å²) in [5.41, 5.74) is 0.601. The molecular weight excluding hydrogens is 286 g/mol. The summed E-state index contributed by atoms with van der Waals surface area (Å²) in [5, 5.41) is 12.1. The number of carboxylic acids is 1. The minimum Gasteiger partial charge on any atom is -0.494 e. The number of hydrogen-bond donors (Lipinski definition) is 2. The molecule has 6 nitrogen and oxygen atoms in total. The number of fused-ring (bicyclic) bond motifs is 2. The normalized spacial score (nSPS) is 28.6. The number of carbonyl (C=O) groups is 2. The molecule has 2 aliphatic rings. The van der Waals surface area contributed by atoms with Crippen molar-refractivity contribution in [2.24, 2.45) is 11.8 Å². The zero-order valence-corrected chi connectivity index (χ0v) is 12.1. The van der Waals surface area contributed by atoms with Gasteiger partial charge < -0.3 is 19.9 Å². The molecular formula is C16H17NO5. The summed E-state index contributed by atoms with van der Waals surface area (Å²) in [6.45, 7) is 2.46. The molecule has 0 unspecified atom stereocenters. The lowest BCUT2D eigenvalue weighted by molar-refractivity contribution is -0.145. The SMILES string of the molecule is CCOc1ccc(NC(=O)[C@H]2[C@@H](C(=O)O)[C@@H]3C=C[C@@H]2O3)cc1. The standard InChI is InChI=1S/C16H17NO5/c1-2-21-10-5-3-9(4-6-10)17-15(18)13-11-7-8-12(22-11)14(13)16(19)20/h3-8,11-14H,2H2,1H3,(H,17,18)(H,19,20)/t11-,12-,13+,14-/m0/s1. The fraction of sp³-hybridized carbons (Fsp3) is 0.375. The van der Waals surface area contributed by atoms with Gasteiger partial charge in [0.1, 0.15) is 11.7 Å². The highest BCUT2D eigenvalue weighted by Crippen LogP contribution is 2.39. The summed E-state index contributed by atoms with van der Waals surface area (Å²) in [4.78, 5) is 23.8. The predicted molar refractivity (Wildman–Crippen MR) is 78.7 cm³/mol. The molecule has 0 aromatic heterocycles. The van der Waals surface area contributed by atoms with Gasteiger partial charge in [0.2, 0.25) is 5.91 Å². The second-order valence-electron chi connectivity index (χ2n) is 5.29. The van der Waals surface area contributed by atoms with Gasteiger partial charge in [-0.05, 0) is 31.2 Å². The number of ether oxygens (including phenoxy) is 2. The van der Waals surface area contributed by atoms with Crippen LogP contribution in [0, 0.1) is 11.8 Å². The Kier molecular flexibility index (Phi) is 3.85. The van der Waals surface area contributed by atoms with E-state index in [0.29, 0.717) is 12.3 Å². The molecule has 116 valence electrons. The van der Waals surface area contributed by atoms with Crippen LogP contribution in [-0.4, -0.2) is 35.8 Å². The van der Waals surface area contributed by atoms with Crippen LogP contribution in [0.25, 0.3) is 0 Å². The average Bonchev–Trinajstić information content (AvgIpc) is 3.10. The Morgan fingerprint density at radius 3 is 2.41 bits per heavy atom. The quantitative estimate of drug-likeness (QED) is 0.808. The monoisotopic (exact) mass is 303 g/mol. The smallest absolute Gasteiger partial charge is 0.310 e. The minimum atomic E-state index is -1.01. The van der Waals surface area contributed by atoms with Crippen LogP contribution >= 0.6 is 0 Å². The number of amides is 1. The Labute approximate surface area is 127 Å². The van der Waals surface area contributed by atoms with E-state index in [2.05, 4.69) is 5.32 Å². The summed E-state index contributed by atoms with van der Waals surface area (Å²) in [5.74, 6) is -2.18. The minimum absolute atomic E-state index is 0.339. The van der Waals surface area contributed by atoms with Gasteiger partial charge >= 0.3 is 5.97 Å². The van der Waals surface area contributed by atoms with E-state index < -0.39 is 30.0 Å². The number of benzene rings is 1. The number of carboxylic acid groups (broad SMARTS) is 1. The van der Waals surface area contributed by atoms with E-state index in [4.69, 9.17) is 9.47 Å². The second-order valence-corrected chi connectivity index (χ2v) is 5.29. The van der Waals surface area contributed by atoms with E-state index in [1.165, 1.54) is 0 Å². The van der Waals surface area contributed by atoms with Crippen molar-refractivity contribution in [3.63, 3.8) is 0 Å². The van der Waals surface area contributed by atoms with Crippen LogP contribution in [0.15, 0.2) is 36.4 Å². The van der Waals surface area contributed by atoms with E-state index in [1.807, 2.05) is 6.92 Å². The fourth-order valence-electron chi connectivity index (χ4n) is 2.94. The molecule has 1 saturated heterocycles. The molecule has 1 aromatic carbocycles. The average molecular weight is 303 g/mol. The summed E-state index contributed by atoms with van der Waals surface area (Å²) >= 11 is 0. The van der Waals surface area contributed by atoms with Crippen LogP contribution in [-0.2, 0) is 14.3 Å². The molecule has 2 bridgehead atoms. The van der Waals surface area contributed by atoms with E-state index >= 15 is 0 Å². The van der Waals surface area contributed by atoms with Crippen molar-refractivity contribution < 1.29 is 24.2 Å². The Morgan fingerprint density at radius 2 is 1.82 bits per heavy atom. The topological polar surface area (TPSA) is 84.9 Å². The van der Waals surface area contributed by atoms with E-state index in [-0.39, 0.29) is 5.91 Å². The zero-order valence-electron chi connectivity index (χ0n) is 12.1. The third kappa shape index (κ3) is 2.57. The number of rotatable bonds is 5. The van der Waals surface area contributed by atoms with Gasteiger partial charge in [-0.15, -0.1) is 0 Å². The number of nitrogens with one attached hydrogen (secondary N) is 1. The van der Waals surface area contributed by atoms with Gasteiger partial charge in [0.15, 0.2) is 0 Å². The lowest BCUT2D eigenvalue weighted by atomic mass is 9.82. The molecule has 6 heteroatoms. The van der Waals surface area contributed by atoms with Crippen LogP contribution in [0.5, 0.6) is 5.75 Å². The third-order valence-corrected chi connectivity index (χ3v) is 3.92. The zero-order chi connectivity index (χ0) is 15.7. The summed E-state index contributed by atoms with van der Waals surface area (Å²) in [6, 6.07) is 6.96. The highest BCUT2D eigenvalue weighted by atomic mass is 16.5. The van der Waals surface area contributed by atoms with Crippen molar-refractivity contribution >= 4 is 17.6 Å². The molecule has 2 aliphatic heterocycles. The molecule has 1 fully saturated rings. The summed E-state index contributed by atoms with van der Waals surface area (Å²) < 4.78 is 10.8. The largest absolute Gasteiger partial charge is 0.494 e. The third-order valence-electron chi connectivity index (χ3n) is 3.92. The lowest BCUT2D eigenvalue weighted by Gasteiger charge is -2.21. The highest BCUT2D eigenvalue weighted by molar-refractivity contribution is 5.96. The van der Waals surface area contributed by atoms with Crippen molar-refractivity contribution in [1.82, 2.24) is 0 Å². The second kappa shape index (κ2) is 5.81. The molecule has 1 amide bonds. The maximum Gasteiger partial charge on any atom is 0.310 e. The Bertz CT molecular complexity index is 609. The van der Waals surface area contributed by atoms with Gasteiger partial charge in [-0.3, -0.25) is 9.59 Å². The molecule has 0 radical (unpaired) electrons. The van der Waals surface area contributed by atoms with Crippen LogP contribution in [0.2, 0.25) is 0 Å². The van der Waals surface area contributed by atoms with Gasteiger partial charge in [0, 0.05) is 5.69 Å². The van der Waals surface area contributed by atoms with Crippen LogP contribution in [0.3, 0.4) is 0 Å². The molecule has 0 aliphatic carbocycles. The number of hydrogen-bond acceptors (Lipinski definition) is 4. The first-order valence-corrected chi connectivity index (χ1v) is 7.20. The van der Waals surface area contributed by atoms with Crippen molar-refractivity contribution in [3.05, 3.63) is 36.4 Å².